The molecule has 2 aromatic carbocycles. The summed E-state index contributed by atoms with van der Waals surface area (Å²) < 4.78 is 83.7. The first-order valence-corrected chi connectivity index (χ1v) is 18.0. The molecule has 0 unspecified atom stereocenters. The van der Waals surface area contributed by atoms with Gasteiger partial charge in [0.25, 0.3) is 5.91 Å². The highest BCUT2D eigenvalue weighted by molar-refractivity contribution is 7.92. The summed E-state index contributed by atoms with van der Waals surface area (Å²) in [6.07, 6.45) is 0.624. The van der Waals surface area contributed by atoms with E-state index in [-0.39, 0.29) is 35.9 Å². The number of nitrogens with one attached hydrogen (secondary N) is 3. The van der Waals surface area contributed by atoms with E-state index < -0.39 is 27.6 Å². The average molecular weight is 722 g/mol. The quantitative estimate of drug-likeness (QED) is 0.241. The highest BCUT2D eigenvalue weighted by Crippen LogP contribution is 2.36. The fourth-order valence-corrected chi connectivity index (χ4v) is 6.64. The standard InChI is InChI=1S/C33H42F3N7O6S/c1-42(50(4,45)46)28-18-25(47-2)11-5-22(28)19-37-30-26(33(34,35)36)20-38-32(41-30)40-27-12-6-21(17-29(27)48-3)31(44)39-23-7-9-24(10-8-23)43-13-15-49-16-14-43/h5-6,11-12,17-18,20,23-24H,7-10,13-16,19H2,1-4H3,(H,39,44)(H2,37,38,40,41)/t23-,24-. The smallest absolute Gasteiger partial charge is 0.421 e. The Kier molecular flexibility index (Phi) is 11.6. The number of carbonyl (C=O) groups is 1. The number of benzene rings is 2. The Labute approximate surface area is 289 Å². The molecule has 13 nitrogen and oxygen atoms in total. The second kappa shape index (κ2) is 15.7. The van der Waals surface area contributed by atoms with Crippen LogP contribution in [-0.2, 0) is 27.5 Å². The van der Waals surface area contributed by atoms with Crippen LogP contribution in [0.3, 0.4) is 0 Å². The number of morpholine rings is 1. The number of halogens is 3. The molecule has 0 bridgehead atoms. The number of amides is 1. The van der Waals surface area contributed by atoms with Crippen LogP contribution in [0, 0.1) is 0 Å². The van der Waals surface area contributed by atoms with Gasteiger partial charge in [-0.15, -0.1) is 0 Å². The van der Waals surface area contributed by atoms with Gasteiger partial charge in [0.15, 0.2) is 0 Å². The van der Waals surface area contributed by atoms with Crippen LogP contribution < -0.4 is 29.7 Å². The van der Waals surface area contributed by atoms with E-state index in [1.54, 1.807) is 30.3 Å². The summed E-state index contributed by atoms with van der Waals surface area (Å²) in [5.41, 5.74) is 0.170. The maximum Gasteiger partial charge on any atom is 0.421 e. The van der Waals surface area contributed by atoms with Crippen molar-refractivity contribution >= 4 is 39.1 Å². The number of nitrogens with zero attached hydrogens (tertiary/aromatic N) is 4. The number of carbonyl (C=O) groups excluding carboxylic acids is 1. The third-order valence-electron chi connectivity index (χ3n) is 8.97. The number of ether oxygens (including phenoxy) is 3. The molecule has 0 atom stereocenters. The van der Waals surface area contributed by atoms with Crippen molar-refractivity contribution in [3.05, 3.63) is 59.3 Å². The summed E-state index contributed by atoms with van der Waals surface area (Å²) in [5, 5.41) is 8.70. The predicted octanol–water partition coefficient (Wildman–Crippen LogP) is 4.64. The summed E-state index contributed by atoms with van der Waals surface area (Å²) in [4.78, 5) is 23.6. The average Bonchev–Trinajstić information content (AvgIpc) is 3.10. The molecule has 17 heteroatoms. The highest BCUT2D eigenvalue weighted by atomic mass is 32.2. The lowest BCUT2D eigenvalue weighted by atomic mass is 9.89. The lowest BCUT2D eigenvalue weighted by molar-refractivity contribution is -0.137. The van der Waals surface area contributed by atoms with Gasteiger partial charge in [-0.1, -0.05) is 6.07 Å². The van der Waals surface area contributed by atoms with E-state index in [4.69, 9.17) is 14.2 Å². The maximum absolute atomic E-state index is 14.0. The summed E-state index contributed by atoms with van der Waals surface area (Å²) in [6, 6.07) is 9.86. The van der Waals surface area contributed by atoms with Crippen molar-refractivity contribution in [3.63, 3.8) is 0 Å². The molecule has 3 N–H and O–H groups in total. The number of alkyl halides is 3. The molecular formula is C33H42F3N7O6S. The van der Waals surface area contributed by atoms with Crippen molar-refractivity contribution in [3.8, 4) is 11.5 Å². The second-order valence-electron chi connectivity index (χ2n) is 12.2. The van der Waals surface area contributed by atoms with E-state index >= 15 is 0 Å². The summed E-state index contributed by atoms with van der Waals surface area (Å²) >= 11 is 0. The van der Waals surface area contributed by atoms with Gasteiger partial charge < -0.3 is 30.2 Å². The minimum Gasteiger partial charge on any atom is -0.497 e. The molecule has 1 amide bonds. The topological polar surface area (TPSA) is 147 Å². The normalized spacial score (nSPS) is 18.6. The molecule has 0 radical (unpaired) electrons. The molecule has 5 rings (SSSR count). The van der Waals surface area contributed by atoms with E-state index in [2.05, 4.69) is 30.8 Å². The van der Waals surface area contributed by atoms with Crippen LogP contribution in [0.4, 0.5) is 36.3 Å². The second-order valence-corrected chi connectivity index (χ2v) is 14.2. The van der Waals surface area contributed by atoms with Gasteiger partial charge in [0.05, 0.1) is 45.1 Å². The molecule has 1 saturated carbocycles. The molecule has 1 aliphatic heterocycles. The molecular weight excluding hydrogens is 679 g/mol. The SMILES string of the molecule is COc1ccc(CNc2nc(Nc3ccc(C(=O)N[C@H]4CC[C@H](N5CCOCC5)CC4)cc3OC)ncc2C(F)(F)F)c(N(C)S(C)(=O)=O)c1. The van der Waals surface area contributed by atoms with Gasteiger partial charge in [-0.2, -0.15) is 18.2 Å². The molecule has 1 saturated heterocycles. The lowest BCUT2D eigenvalue weighted by Gasteiger charge is -2.38. The van der Waals surface area contributed by atoms with Gasteiger partial charge in [-0.25, -0.2) is 13.4 Å². The highest BCUT2D eigenvalue weighted by Gasteiger charge is 2.35. The van der Waals surface area contributed by atoms with Gasteiger partial charge in [-0.3, -0.25) is 14.0 Å². The minimum absolute atomic E-state index is 0.0517. The number of methoxy groups -OCH3 is 2. The zero-order chi connectivity index (χ0) is 36.1. The van der Waals surface area contributed by atoms with Gasteiger partial charge in [0, 0.05) is 56.6 Å². The molecule has 3 aromatic rings. The van der Waals surface area contributed by atoms with Crippen molar-refractivity contribution in [1.82, 2.24) is 20.2 Å². The van der Waals surface area contributed by atoms with Crippen molar-refractivity contribution in [2.75, 3.05) is 68.8 Å². The van der Waals surface area contributed by atoms with Gasteiger partial charge in [0.2, 0.25) is 16.0 Å². The molecule has 1 aromatic heterocycles. The largest absolute Gasteiger partial charge is 0.497 e. The number of anilines is 4. The first-order chi connectivity index (χ1) is 23.8. The lowest BCUT2D eigenvalue weighted by Crippen LogP contribution is -2.47. The van der Waals surface area contributed by atoms with Crippen LogP contribution in [0.15, 0.2) is 42.6 Å². The van der Waals surface area contributed by atoms with E-state index in [9.17, 15) is 26.4 Å². The molecule has 50 heavy (non-hydrogen) atoms. The van der Waals surface area contributed by atoms with Crippen molar-refractivity contribution in [1.29, 1.82) is 0 Å². The summed E-state index contributed by atoms with van der Waals surface area (Å²) in [5.74, 6) is -0.319. The van der Waals surface area contributed by atoms with Gasteiger partial charge >= 0.3 is 6.18 Å². The third-order valence-corrected chi connectivity index (χ3v) is 10.2. The van der Waals surface area contributed by atoms with Crippen LogP contribution in [0.1, 0.15) is 47.2 Å². The van der Waals surface area contributed by atoms with Crippen molar-refractivity contribution in [2.24, 2.45) is 0 Å². The van der Waals surface area contributed by atoms with E-state index in [1.165, 1.54) is 27.3 Å². The number of aromatic nitrogens is 2. The fraction of sp³-hybridized carbons (Fsp3) is 0.485. The van der Waals surface area contributed by atoms with Gasteiger partial charge in [-0.05, 0) is 55.5 Å². The Bertz CT molecular complexity index is 1760. The molecule has 1 aliphatic carbocycles. The number of hydrogen-bond donors (Lipinski definition) is 3. The fourth-order valence-electron chi connectivity index (χ4n) is 6.11. The number of sulfonamides is 1. The van der Waals surface area contributed by atoms with E-state index in [0.717, 1.165) is 62.5 Å². The predicted molar refractivity (Wildman–Crippen MR) is 183 cm³/mol. The molecule has 0 spiro atoms. The van der Waals surface area contributed by atoms with Gasteiger partial charge in [0.1, 0.15) is 22.9 Å². The van der Waals surface area contributed by atoms with E-state index in [1.807, 2.05) is 0 Å². The number of hydrogen-bond acceptors (Lipinski definition) is 11. The van der Waals surface area contributed by atoms with Crippen LogP contribution >= 0.6 is 0 Å². The van der Waals surface area contributed by atoms with Crippen LogP contribution in [0.5, 0.6) is 11.5 Å². The molecule has 2 heterocycles. The summed E-state index contributed by atoms with van der Waals surface area (Å²) in [7, 11) is 0.467. The first kappa shape index (κ1) is 36.9. The Hall–Kier alpha value is -4.35. The maximum atomic E-state index is 14.0. The number of rotatable bonds is 12. The zero-order valence-electron chi connectivity index (χ0n) is 28.3. The Morgan fingerprint density at radius 2 is 1.78 bits per heavy atom. The van der Waals surface area contributed by atoms with Crippen LogP contribution in [0.25, 0.3) is 0 Å². The molecule has 2 fully saturated rings. The van der Waals surface area contributed by atoms with Crippen molar-refractivity contribution < 1.29 is 40.6 Å². The Balaban J connectivity index is 1.29. The monoisotopic (exact) mass is 721 g/mol. The van der Waals surface area contributed by atoms with Crippen LogP contribution in [-0.4, -0.2) is 95.1 Å². The van der Waals surface area contributed by atoms with E-state index in [0.29, 0.717) is 34.8 Å². The first-order valence-electron chi connectivity index (χ1n) is 16.1. The Morgan fingerprint density at radius 1 is 1.06 bits per heavy atom. The Morgan fingerprint density at radius 3 is 2.42 bits per heavy atom. The zero-order valence-corrected chi connectivity index (χ0v) is 29.2. The van der Waals surface area contributed by atoms with Crippen LogP contribution in [0.2, 0.25) is 0 Å². The summed E-state index contributed by atoms with van der Waals surface area (Å²) in [6.45, 7) is 3.18. The molecule has 2 aliphatic rings. The van der Waals surface area contributed by atoms with Crippen molar-refractivity contribution in [2.45, 2.75) is 50.5 Å². The molecule has 272 valence electrons. The minimum atomic E-state index is -4.79. The third kappa shape index (κ3) is 9.05.